The Bertz CT molecular complexity index is 221. The molecule has 4 nitrogen and oxygen atoms in total. The number of hydrogen-bond donors (Lipinski definition) is 1. The van der Waals surface area contributed by atoms with Crippen LogP contribution in [0.2, 0.25) is 0 Å². The van der Waals surface area contributed by atoms with Crippen LogP contribution in [0.4, 0.5) is 0 Å². The van der Waals surface area contributed by atoms with Crippen molar-refractivity contribution in [2.45, 2.75) is 39.3 Å². The SMILES string of the molecule is CCN1CCN(C(C)CC(=O)O)C(C)C1. The van der Waals surface area contributed by atoms with Crippen molar-refractivity contribution in [3.63, 3.8) is 0 Å². The molecule has 15 heavy (non-hydrogen) atoms. The first kappa shape index (κ1) is 12.5. The summed E-state index contributed by atoms with van der Waals surface area (Å²) in [5.41, 5.74) is 0. The summed E-state index contributed by atoms with van der Waals surface area (Å²) in [6, 6.07) is 0.615. The minimum absolute atomic E-state index is 0.150. The number of nitrogens with zero attached hydrogens (tertiary/aromatic N) is 2. The van der Waals surface area contributed by atoms with E-state index in [9.17, 15) is 4.79 Å². The molecular weight excluding hydrogens is 192 g/mol. The molecule has 0 radical (unpaired) electrons. The average Bonchev–Trinajstić information content (AvgIpc) is 2.16. The largest absolute Gasteiger partial charge is 0.481 e. The molecule has 1 aliphatic rings. The highest BCUT2D eigenvalue weighted by molar-refractivity contribution is 5.67. The van der Waals surface area contributed by atoms with Gasteiger partial charge in [-0.1, -0.05) is 6.92 Å². The van der Waals surface area contributed by atoms with Gasteiger partial charge in [-0.25, -0.2) is 0 Å². The van der Waals surface area contributed by atoms with Gasteiger partial charge in [-0.2, -0.15) is 0 Å². The van der Waals surface area contributed by atoms with Crippen molar-refractivity contribution in [2.75, 3.05) is 26.2 Å². The second-order valence-corrected chi connectivity index (χ2v) is 4.43. The summed E-state index contributed by atoms with van der Waals surface area (Å²) < 4.78 is 0. The van der Waals surface area contributed by atoms with Gasteiger partial charge in [0.05, 0.1) is 6.42 Å². The van der Waals surface area contributed by atoms with Crippen LogP contribution in [0.3, 0.4) is 0 Å². The second-order valence-electron chi connectivity index (χ2n) is 4.43. The number of carbonyl (C=O) groups is 1. The molecule has 0 aromatic heterocycles. The van der Waals surface area contributed by atoms with Crippen molar-refractivity contribution in [1.82, 2.24) is 9.80 Å². The van der Waals surface area contributed by atoms with Gasteiger partial charge in [0.1, 0.15) is 0 Å². The number of piperazine rings is 1. The van der Waals surface area contributed by atoms with E-state index in [2.05, 4.69) is 23.6 Å². The molecule has 0 spiro atoms. The van der Waals surface area contributed by atoms with E-state index in [1.165, 1.54) is 0 Å². The van der Waals surface area contributed by atoms with Crippen LogP contribution < -0.4 is 0 Å². The van der Waals surface area contributed by atoms with E-state index in [4.69, 9.17) is 5.11 Å². The zero-order valence-electron chi connectivity index (χ0n) is 9.94. The van der Waals surface area contributed by atoms with E-state index < -0.39 is 5.97 Å². The highest BCUT2D eigenvalue weighted by Gasteiger charge is 2.27. The fourth-order valence-corrected chi connectivity index (χ4v) is 2.36. The molecular formula is C11H22N2O2. The molecule has 0 aromatic rings. The third-order valence-electron chi connectivity index (χ3n) is 3.25. The maximum absolute atomic E-state index is 10.6. The molecule has 88 valence electrons. The van der Waals surface area contributed by atoms with Crippen LogP contribution in [-0.2, 0) is 4.79 Å². The fraction of sp³-hybridized carbons (Fsp3) is 0.909. The van der Waals surface area contributed by atoms with Gasteiger partial charge < -0.3 is 10.0 Å². The van der Waals surface area contributed by atoms with Crippen molar-refractivity contribution in [3.05, 3.63) is 0 Å². The molecule has 0 amide bonds. The predicted octanol–water partition coefficient (Wildman–Crippen LogP) is 0.876. The van der Waals surface area contributed by atoms with Crippen LogP contribution in [0.15, 0.2) is 0 Å². The van der Waals surface area contributed by atoms with Crippen LogP contribution >= 0.6 is 0 Å². The topological polar surface area (TPSA) is 43.8 Å². The van der Waals surface area contributed by atoms with Gasteiger partial charge >= 0.3 is 5.97 Å². The fourth-order valence-electron chi connectivity index (χ4n) is 2.36. The third kappa shape index (κ3) is 3.47. The molecule has 0 bridgehead atoms. The van der Waals surface area contributed by atoms with E-state index in [0.29, 0.717) is 6.04 Å². The monoisotopic (exact) mass is 214 g/mol. The Morgan fingerprint density at radius 3 is 2.67 bits per heavy atom. The second kappa shape index (κ2) is 5.47. The minimum atomic E-state index is -0.701. The van der Waals surface area contributed by atoms with Crippen LogP contribution in [0.5, 0.6) is 0 Å². The summed E-state index contributed by atoms with van der Waals surface area (Å²) in [6.45, 7) is 10.6. The van der Waals surface area contributed by atoms with Crippen LogP contribution in [0.25, 0.3) is 0 Å². The molecule has 1 N–H and O–H groups in total. The van der Waals surface area contributed by atoms with Gasteiger partial charge in [0.15, 0.2) is 0 Å². The van der Waals surface area contributed by atoms with Crippen LogP contribution in [0, 0.1) is 0 Å². The predicted molar refractivity (Wildman–Crippen MR) is 60.0 cm³/mol. The van der Waals surface area contributed by atoms with E-state index in [0.717, 1.165) is 26.2 Å². The lowest BCUT2D eigenvalue weighted by atomic mass is 10.1. The van der Waals surface area contributed by atoms with Crippen molar-refractivity contribution in [1.29, 1.82) is 0 Å². The smallest absolute Gasteiger partial charge is 0.304 e. The van der Waals surface area contributed by atoms with Gasteiger partial charge in [-0.3, -0.25) is 9.69 Å². The van der Waals surface area contributed by atoms with E-state index in [-0.39, 0.29) is 12.5 Å². The lowest BCUT2D eigenvalue weighted by Gasteiger charge is -2.42. The standard InChI is InChI=1S/C11H22N2O2/c1-4-12-5-6-13(10(3)8-12)9(2)7-11(14)15/h9-10H,4-8H2,1-3H3,(H,14,15). The zero-order chi connectivity index (χ0) is 11.4. The summed E-state index contributed by atoms with van der Waals surface area (Å²) in [7, 11) is 0. The van der Waals surface area contributed by atoms with E-state index in [1.54, 1.807) is 0 Å². The Morgan fingerprint density at radius 1 is 1.53 bits per heavy atom. The molecule has 1 aliphatic heterocycles. The molecule has 1 heterocycles. The number of aliphatic carboxylic acids is 1. The Balaban J connectivity index is 2.46. The van der Waals surface area contributed by atoms with Crippen molar-refractivity contribution in [3.8, 4) is 0 Å². The summed E-state index contributed by atoms with van der Waals surface area (Å²) in [5, 5.41) is 8.76. The number of hydrogen-bond acceptors (Lipinski definition) is 3. The average molecular weight is 214 g/mol. The number of carboxylic acids is 1. The Morgan fingerprint density at radius 2 is 2.20 bits per heavy atom. The number of rotatable bonds is 4. The number of likely N-dealkylation sites (N-methyl/N-ethyl adjacent to an activating group) is 1. The highest BCUT2D eigenvalue weighted by Crippen LogP contribution is 2.14. The Labute approximate surface area is 91.9 Å². The molecule has 4 heteroatoms. The van der Waals surface area contributed by atoms with Gasteiger partial charge in [-0.15, -0.1) is 0 Å². The summed E-state index contributed by atoms with van der Waals surface area (Å²) in [4.78, 5) is 15.4. The minimum Gasteiger partial charge on any atom is -0.481 e. The van der Waals surface area contributed by atoms with Gasteiger partial charge in [0, 0.05) is 31.7 Å². The van der Waals surface area contributed by atoms with Gasteiger partial charge in [0.2, 0.25) is 0 Å². The normalized spacial score (nSPS) is 26.5. The molecule has 0 aliphatic carbocycles. The maximum atomic E-state index is 10.6. The Hall–Kier alpha value is -0.610. The summed E-state index contributed by atoms with van der Waals surface area (Å²) >= 11 is 0. The molecule has 0 saturated carbocycles. The van der Waals surface area contributed by atoms with Crippen LogP contribution in [0.1, 0.15) is 27.2 Å². The van der Waals surface area contributed by atoms with Gasteiger partial charge in [-0.05, 0) is 20.4 Å². The van der Waals surface area contributed by atoms with Crippen molar-refractivity contribution >= 4 is 5.97 Å². The Kier molecular flexibility index (Phi) is 4.54. The molecule has 1 rings (SSSR count). The molecule has 1 fully saturated rings. The molecule has 2 atom stereocenters. The molecule has 0 aromatic carbocycles. The van der Waals surface area contributed by atoms with Gasteiger partial charge in [0.25, 0.3) is 0 Å². The molecule has 1 saturated heterocycles. The molecule has 2 unspecified atom stereocenters. The van der Waals surface area contributed by atoms with E-state index >= 15 is 0 Å². The lowest BCUT2D eigenvalue weighted by Crippen LogP contribution is -2.54. The zero-order valence-corrected chi connectivity index (χ0v) is 9.94. The summed E-state index contributed by atoms with van der Waals surface area (Å²) in [6.07, 6.45) is 0.246. The highest BCUT2D eigenvalue weighted by atomic mass is 16.4. The first-order valence-corrected chi connectivity index (χ1v) is 5.74. The maximum Gasteiger partial charge on any atom is 0.304 e. The first-order valence-electron chi connectivity index (χ1n) is 5.74. The quantitative estimate of drug-likeness (QED) is 0.754. The lowest BCUT2D eigenvalue weighted by molar-refractivity contribution is -0.138. The van der Waals surface area contributed by atoms with E-state index in [1.807, 2.05) is 6.92 Å². The third-order valence-corrected chi connectivity index (χ3v) is 3.25. The van der Waals surface area contributed by atoms with Crippen molar-refractivity contribution < 1.29 is 9.90 Å². The van der Waals surface area contributed by atoms with Crippen LogP contribution in [-0.4, -0.2) is 59.1 Å². The first-order chi connectivity index (χ1) is 7.04. The number of carboxylic acid groups (broad SMARTS) is 1. The van der Waals surface area contributed by atoms with Crippen molar-refractivity contribution in [2.24, 2.45) is 0 Å². The summed E-state index contributed by atoms with van der Waals surface area (Å²) in [5.74, 6) is -0.701.